The van der Waals surface area contributed by atoms with Gasteiger partial charge >= 0.3 is 5.97 Å². The summed E-state index contributed by atoms with van der Waals surface area (Å²) >= 11 is 0. The summed E-state index contributed by atoms with van der Waals surface area (Å²) in [6.07, 6.45) is 0.927. The molecule has 2 atom stereocenters. The third kappa shape index (κ3) is 2.16. The summed E-state index contributed by atoms with van der Waals surface area (Å²) in [6.45, 7) is 12.2. The van der Waals surface area contributed by atoms with Crippen LogP contribution in [-0.4, -0.2) is 36.9 Å². The molecule has 2 saturated heterocycles. The van der Waals surface area contributed by atoms with Gasteiger partial charge in [0.05, 0.1) is 11.5 Å². The molecule has 2 heterocycles. The predicted molar refractivity (Wildman–Crippen MR) is 69.3 cm³/mol. The van der Waals surface area contributed by atoms with E-state index in [-0.39, 0.29) is 22.9 Å². The number of rotatable bonds is 1. The van der Waals surface area contributed by atoms with E-state index in [1.165, 1.54) is 0 Å². The maximum Gasteiger partial charge on any atom is 0.311 e. The van der Waals surface area contributed by atoms with E-state index in [9.17, 15) is 4.79 Å². The minimum atomic E-state index is -0.426. The van der Waals surface area contributed by atoms with Crippen molar-refractivity contribution in [1.29, 1.82) is 0 Å². The minimum Gasteiger partial charge on any atom is -0.460 e. The van der Waals surface area contributed by atoms with Gasteiger partial charge in [0.25, 0.3) is 0 Å². The van der Waals surface area contributed by atoms with Crippen LogP contribution in [0.25, 0.3) is 0 Å². The van der Waals surface area contributed by atoms with Gasteiger partial charge in [0.2, 0.25) is 0 Å². The fourth-order valence-corrected chi connectivity index (χ4v) is 3.27. The van der Waals surface area contributed by atoms with Crippen molar-refractivity contribution in [1.82, 2.24) is 5.32 Å². The smallest absolute Gasteiger partial charge is 0.311 e. The van der Waals surface area contributed by atoms with Crippen molar-refractivity contribution in [3.8, 4) is 0 Å². The number of carbonyl (C=O) groups is 1. The largest absolute Gasteiger partial charge is 0.460 e. The van der Waals surface area contributed by atoms with Gasteiger partial charge in [-0.15, -0.1) is 0 Å². The maximum absolute atomic E-state index is 12.4. The van der Waals surface area contributed by atoms with Crippen molar-refractivity contribution in [3.63, 3.8) is 0 Å². The van der Waals surface area contributed by atoms with Gasteiger partial charge in [-0.05, 0) is 41.0 Å². The van der Waals surface area contributed by atoms with Crippen LogP contribution in [0.4, 0.5) is 0 Å². The van der Waals surface area contributed by atoms with E-state index in [4.69, 9.17) is 9.47 Å². The average Bonchev–Trinajstić information content (AvgIpc) is 2.71. The number of ether oxygens (including phenoxy) is 2. The maximum atomic E-state index is 12.4. The van der Waals surface area contributed by atoms with Gasteiger partial charge in [-0.2, -0.15) is 0 Å². The van der Waals surface area contributed by atoms with Crippen molar-refractivity contribution in [3.05, 3.63) is 0 Å². The molecule has 1 spiro atoms. The highest BCUT2D eigenvalue weighted by molar-refractivity contribution is 5.75. The highest BCUT2D eigenvalue weighted by Crippen LogP contribution is 2.51. The Hall–Kier alpha value is -0.610. The van der Waals surface area contributed by atoms with Crippen LogP contribution in [0.2, 0.25) is 0 Å². The number of esters is 1. The quantitative estimate of drug-likeness (QED) is 0.725. The molecule has 2 rings (SSSR count). The molecule has 4 heteroatoms. The van der Waals surface area contributed by atoms with Crippen LogP contribution in [0.15, 0.2) is 0 Å². The molecule has 0 aliphatic carbocycles. The SMILES string of the molecule is CC(C)(C)OC(=O)C1CNCC12CCOC2(C)C. The van der Waals surface area contributed by atoms with Crippen LogP contribution in [0.5, 0.6) is 0 Å². The van der Waals surface area contributed by atoms with Gasteiger partial charge in [0.15, 0.2) is 0 Å². The van der Waals surface area contributed by atoms with Gasteiger partial charge in [-0.1, -0.05) is 0 Å². The molecule has 2 unspecified atom stereocenters. The second-order valence-corrected chi connectivity index (χ2v) is 6.98. The van der Waals surface area contributed by atoms with Crippen LogP contribution in [0, 0.1) is 11.3 Å². The zero-order valence-electron chi connectivity index (χ0n) is 12.1. The highest BCUT2D eigenvalue weighted by Gasteiger charge is 2.60. The van der Waals surface area contributed by atoms with Gasteiger partial charge in [-0.25, -0.2) is 0 Å². The van der Waals surface area contributed by atoms with Crippen LogP contribution < -0.4 is 5.32 Å². The van der Waals surface area contributed by atoms with Crippen LogP contribution in [0.1, 0.15) is 41.0 Å². The molecule has 2 aliphatic heterocycles. The fourth-order valence-electron chi connectivity index (χ4n) is 3.27. The Kier molecular flexibility index (Phi) is 3.23. The van der Waals surface area contributed by atoms with Gasteiger partial charge < -0.3 is 14.8 Å². The molecule has 0 aromatic rings. The lowest BCUT2D eigenvalue weighted by Crippen LogP contribution is -2.49. The first-order chi connectivity index (χ1) is 8.18. The van der Waals surface area contributed by atoms with E-state index in [0.717, 1.165) is 19.6 Å². The molecule has 1 N–H and O–H groups in total. The van der Waals surface area contributed by atoms with Crippen LogP contribution in [-0.2, 0) is 14.3 Å². The van der Waals surface area contributed by atoms with E-state index in [2.05, 4.69) is 19.2 Å². The van der Waals surface area contributed by atoms with Crippen molar-refractivity contribution >= 4 is 5.97 Å². The van der Waals surface area contributed by atoms with Crippen molar-refractivity contribution in [2.45, 2.75) is 52.2 Å². The van der Waals surface area contributed by atoms with Crippen molar-refractivity contribution in [2.75, 3.05) is 19.7 Å². The van der Waals surface area contributed by atoms with Crippen LogP contribution in [0.3, 0.4) is 0 Å². The van der Waals surface area contributed by atoms with E-state index < -0.39 is 5.60 Å². The molecule has 104 valence electrons. The molecule has 0 bridgehead atoms. The molecule has 0 aromatic carbocycles. The van der Waals surface area contributed by atoms with Gasteiger partial charge in [0, 0.05) is 25.1 Å². The first-order valence-electron chi connectivity index (χ1n) is 6.75. The molecule has 4 nitrogen and oxygen atoms in total. The molecule has 0 amide bonds. The number of nitrogens with one attached hydrogen (secondary N) is 1. The first-order valence-corrected chi connectivity index (χ1v) is 6.75. The molecule has 0 saturated carbocycles. The second kappa shape index (κ2) is 4.20. The highest BCUT2D eigenvalue weighted by atomic mass is 16.6. The van der Waals surface area contributed by atoms with Gasteiger partial charge in [0.1, 0.15) is 5.60 Å². The van der Waals surface area contributed by atoms with Gasteiger partial charge in [-0.3, -0.25) is 4.79 Å². The normalized spacial score (nSPS) is 35.1. The zero-order chi connectivity index (χ0) is 13.6. The Bertz CT molecular complexity index is 341. The summed E-state index contributed by atoms with van der Waals surface area (Å²) in [7, 11) is 0. The van der Waals surface area contributed by atoms with Crippen molar-refractivity contribution < 1.29 is 14.3 Å². The van der Waals surface area contributed by atoms with Crippen LogP contribution >= 0.6 is 0 Å². The lowest BCUT2D eigenvalue weighted by atomic mass is 9.66. The third-order valence-electron chi connectivity index (χ3n) is 4.36. The average molecular weight is 255 g/mol. The molecule has 18 heavy (non-hydrogen) atoms. The summed E-state index contributed by atoms with van der Waals surface area (Å²) < 4.78 is 11.4. The molecule has 0 radical (unpaired) electrons. The summed E-state index contributed by atoms with van der Waals surface area (Å²) in [5.74, 6) is -0.194. The predicted octanol–water partition coefficient (Wildman–Crippen LogP) is 1.73. The molecule has 0 aromatic heterocycles. The number of hydrogen-bond donors (Lipinski definition) is 1. The fraction of sp³-hybridized carbons (Fsp3) is 0.929. The first kappa shape index (κ1) is 13.8. The third-order valence-corrected chi connectivity index (χ3v) is 4.36. The van der Waals surface area contributed by atoms with E-state index in [1.54, 1.807) is 0 Å². The molecular formula is C14H25NO3. The lowest BCUT2D eigenvalue weighted by molar-refractivity contribution is -0.167. The summed E-state index contributed by atoms with van der Waals surface area (Å²) in [5.41, 5.74) is -0.808. The lowest BCUT2D eigenvalue weighted by Gasteiger charge is -2.40. The molecular weight excluding hydrogens is 230 g/mol. The second-order valence-electron chi connectivity index (χ2n) is 6.98. The number of carbonyl (C=O) groups excluding carboxylic acids is 1. The van der Waals surface area contributed by atoms with E-state index in [1.807, 2.05) is 20.8 Å². The molecule has 2 fully saturated rings. The Morgan fingerprint density at radius 3 is 2.56 bits per heavy atom. The van der Waals surface area contributed by atoms with E-state index in [0.29, 0.717) is 6.54 Å². The van der Waals surface area contributed by atoms with Crippen molar-refractivity contribution in [2.24, 2.45) is 11.3 Å². The van der Waals surface area contributed by atoms with E-state index >= 15 is 0 Å². The Labute approximate surface area is 109 Å². The summed E-state index contributed by atoms with van der Waals surface area (Å²) in [4.78, 5) is 12.4. The minimum absolute atomic E-state index is 0.0916. The Balaban J connectivity index is 2.20. The zero-order valence-corrected chi connectivity index (χ0v) is 12.1. The summed E-state index contributed by atoms with van der Waals surface area (Å²) in [6, 6.07) is 0. The summed E-state index contributed by atoms with van der Waals surface area (Å²) in [5, 5.41) is 3.35. The monoisotopic (exact) mass is 255 g/mol. The Morgan fingerprint density at radius 2 is 2.06 bits per heavy atom. The number of hydrogen-bond acceptors (Lipinski definition) is 4. The topological polar surface area (TPSA) is 47.6 Å². The molecule has 2 aliphatic rings. The standard InChI is InChI=1S/C14H25NO3/c1-12(2,3)18-11(16)10-8-15-9-14(10)6-7-17-13(14,4)5/h10,15H,6-9H2,1-5H3. The Morgan fingerprint density at radius 1 is 1.39 bits per heavy atom.